The van der Waals surface area contributed by atoms with E-state index in [0.29, 0.717) is 11.7 Å². The van der Waals surface area contributed by atoms with Gasteiger partial charge in [-0.1, -0.05) is 60.6 Å². The minimum Gasteiger partial charge on any atom is -0.507 e. The maximum Gasteiger partial charge on any atom is 0.123 e. The van der Waals surface area contributed by atoms with Crippen LogP contribution in [0, 0.1) is 0 Å². The van der Waals surface area contributed by atoms with Gasteiger partial charge in [0.25, 0.3) is 0 Å². The molecule has 2 heteroatoms. The fraction of sp³-hybridized carbons (Fsp3) is 0.667. The first kappa shape index (κ1) is 17.4. The van der Waals surface area contributed by atoms with Crippen molar-refractivity contribution >= 4 is 12.6 Å². The fourth-order valence-corrected chi connectivity index (χ4v) is 2.83. The third-order valence-electron chi connectivity index (χ3n) is 3.88. The molecule has 0 spiro atoms. The molecule has 1 atom stereocenters. The molecular weight excluding hydrogens is 264 g/mol. The molecule has 20 heavy (non-hydrogen) atoms. The Morgan fingerprint density at radius 1 is 1.00 bits per heavy atom. The second-order valence-electron chi connectivity index (χ2n) is 7.88. The first-order chi connectivity index (χ1) is 8.98. The zero-order valence-electron chi connectivity index (χ0n) is 14.0. The van der Waals surface area contributed by atoms with Gasteiger partial charge in [0, 0.05) is 0 Å². The highest BCUT2D eigenvalue weighted by Crippen LogP contribution is 2.41. The van der Waals surface area contributed by atoms with E-state index < -0.39 is 0 Å². The maximum atomic E-state index is 10.7. The third-order valence-corrected chi connectivity index (χ3v) is 4.14. The highest BCUT2D eigenvalue weighted by atomic mass is 32.1. The number of rotatable bonds is 3. The van der Waals surface area contributed by atoms with Gasteiger partial charge in [-0.25, -0.2) is 0 Å². The SMILES string of the molecule is CC(CCS)c1cc(C(C)(C)C)c(O)c(C(C)(C)C)c1. The van der Waals surface area contributed by atoms with Crippen molar-refractivity contribution in [1.82, 2.24) is 0 Å². The van der Waals surface area contributed by atoms with Crippen molar-refractivity contribution in [3.05, 3.63) is 28.8 Å². The van der Waals surface area contributed by atoms with E-state index in [2.05, 4.69) is 73.2 Å². The van der Waals surface area contributed by atoms with Gasteiger partial charge in [-0.15, -0.1) is 0 Å². The second kappa shape index (κ2) is 6.01. The highest BCUT2D eigenvalue weighted by molar-refractivity contribution is 7.80. The summed E-state index contributed by atoms with van der Waals surface area (Å²) in [4.78, 5) is 0. The lowest BCUT2D eigenvalue weighted by Crippen LogP contribution is -2.18. The van der Waals surface area contributed by atoms with E-state index in [4.69, 9.17) is 0 Å². The van der Waals surface area contributed by atoms with Crippen molar-refractivity contribution in [2.45, 2.75) is 71.6 Å². The van der Waals surface area contributed by atoms with Crippen LogP contribution >= 0.6 is 12.6 Å². The van der Waals surface area contributed by atoms with Crippen LogP contribution in [0.4, 0.5) is 0 Å². The third kappa shape index (κ3) is 3.94. The van der Waals surface area contributed by atoms with Crippen molar-refractivity contribution in [1.29, 1.82) is 0 Å². The van der Waals surface area contributed by atoms with Crippen molar-refractivity contribution < 1.29 is 5.11 Å². The zero-order chi connectivity index (χ0) is 15.7. The molecule has 114 valence electrons. The van der Waals surface area contributed by atoms with E-state index in [9.17, 15) is 5.11 Å². The minimum absolute atomic E-state index is 0.0548. The molecule has 0 aliphatic heterocycles. The number of aromatic hydroxyl groups is 1. The summed E-state index contributed by atoms with van der Waals surface area (Å²) in [5, 5.41) is 10.7. The van der Waals surface area contributed by atoms with Crippen LogP contribution in [-0.4, -0.2) is 10.9 Å². The van der Waals surface area contributed by atoms with Crippen molar-refractivity contribution in [2.24, 2.45) is 0 Å². The number of hydrogen-bond donors (Lipinski definition) is 2. The van der Waals surface area contributed by atoms with Crippen LogP contribution in [0.5, 0.6) is 5.75 Å². The van der Waals surface area contributed by atoms with Crippen LogP contribution in [0.3, 0.4) is 0 Å². The summed E-state index contributed by atoms with van der Waals surface area (Å²) in [5.41, 5.74) is 3.30. The standard InChI is InChI=1S/C18H30OS/c1-12(8-9-20)13-10-14(17(2,3)4)16(19)15(11-13)18(5,6)7/h10-12,19-20H,8-9H2,1-7H3. The van der Waals surface area contributed by atoms with Crippen LogP contribution < -0.4 is 0 Å². The summed E-state index contributed by atoms with van der Waals surface area (Å²) in [5.74, 6) is 1.82. The van der Waals surface area contributed by atoms with Gasteiger partial charge < -0.3 is 5.11 Å². The molecule has 0 aromatic heterocycles. The molecule has 0 aliphatic carbocycles. The number of phenolic OH excluding ortho intramolecular Hbond substituents is 1. The molecule has 0 heterocycles. The Bertz CT molecular complexity index is 428. The molecular formula is C18H30OS. The van der Waals surface area contributed by atoms with Gasteiger partial charge in [-0.2, -0.15) is 12.6 Å². The first-order valence-electron chi connectivity index (χ1n) is 7.47. The highest BCUT2D eigenvalue weighted by Gasteiger charge is 2.27. The lowest BCUT2D eigenvalue weighted by molar-refractivity contribution is 0.422. The lowest BCUT2D eigenvalue weighted by atomic mass is 9.77. The van der Waals surface area contributed by atoms with Crippen LogP contribution in [0.2, 0.25) is 0 Å². The van der Waals surface area contributed by atoms with E-state index in [0.717, 1.165) is 23.3 Å². The van der Waals surface area contributed by atoms with E-state index in [-0.39, 0.29) is 10.8 Å². The average Bonchev–Trinajstić information content (AvgIpc) is 2.26. The lowest BCUT2D eigenvalue weighted by Gasteiger charge is -2.29. The van der Waals surface area contributed by atoms with E-state index in [1.54, 1.807) is 0 Å². The molecule has 1 aromatic carbocycles. The van der Waals surface area contributed by atoms with Gasteiger partial charge in [0.1, 0.15) is 5.75 Å². The Balaban J connectivity index is 3.50. The Kier molecular flexibility index (Phi) is 5.23. The number of benzene rings is 1. The van der Waals surface area contributed by atoms with Crippen LogP contribution in [-0.2, 0) is 10.8 Å². The molecule has 0 saturated heterocycles. The molecule has 0 aliphatic rings. The van der Waals surface area contributed by atoms with Crippen molar-refractivity contribution in [3.8, 4) is 5.75 Å². The van der Waals surface area contributed by atoms with E-state index in [1.807, 2.05) is 0 Å². The van der Waals surface area contributed by atoms with E-state index >= 15 is 0 Å². The summed E-state index contributed by atoms with van der Waals surface area (Å²) >= 11 is 4.35. The Morgan fingerprint density at radius 3 is 1.70 bits per heavy atom. The van der Waals surface area contributed by atoms with Crippen molar-refractivity contribution in [3.63, 3.8) is 0 Å². The largest absolute Gasteiger partial charge is 0.507 e. The second-order valence-corrected chi connectivity index (χ2v) is 8.33. The zero-order valence-corrected chi connectivity index (χ0v) is 14.9. The Labute approximate surface area is 130 Å². The number of phenols is 1. The van der Waals surface area contributed by atoms with Crippen molar-refractivity contribution in [2.75, 3.05) is 5.75 Å². The molecule has 0 radical (unpaired) electrons. The van der Waals surface area contributed by atoms with Crippen LogP contribution in [0.25, 0.3) is 0 Å². The average molecular weight is 295 g/mol. The van der Waals surface area contributed by atoms with Gasteiger partial charge in [0.2, 0.25) is 0 Å². The predicted octanol–water partition coefficient (Wildman–Crippen LogP) is 5.41. The maximum absolute atomic E-state index is 10.7. The monoisotopic (exact) mass is 294 g/mol. The summed E-state index contributed by atoms with van der Waals surface area (Å²) in [6, 6.07) is 4.36. The minimum atomic E-state index is -0.0548. The van der Waals surface area contributed by atoms with Crippen LogP contribution in [0.15, 0.2) is 12.1 Å². The first-order valence-corrected chi connectivity index (χ1v) is 8.10. The molecule has 0 bridgehead atoms. The van der Waals surface area contributed by atoms with Gasteiger partial charge in [-0.05, 0) is 45.6 Å². The van der Waals surface area contributed by atoms with Gasteiger partial charge in [-0.3, -0.25) is 0 Å². The van der Waals surface area contributed by atoms with Gasteiger partial charge in [0.05, 0.1) is 0 Å². The Morgan fingerprint density at radius 2 is 1.40 bits per heavy atom. The normalized spacial score (nSPS) is 14.4. The fourth-order valence-electron chi connectivity index (χ4n) is 2.45. The predicted molar refractivity (Wildman–Crippen MR) is 92.4 cm³/mol. The summed E-state index contributed by atoms with van der Waals surface area (Å²) in [7, 11) is 0. The molecule has 0 fully saturated rings. The summed E-state index contributed by atoms with van der Waals surface area (Å²) in [6.07, 6.45) is 1.06. The van der Waals surface area contributed by atoms with Gasteiger partial charge in [0.15, 0.2) is 0 Å². The topological polar surface area (TPSA) is 20.2 Å². The van der Waals surface area contributed by atoms with E-state index in [1.165, 1.54) is 5.56 Å². The summed E-state index contributed by atoms with van der Waals surface area (Å²) < 4.78 is 0. The molecule has 1 aromatic rings. The molecule has 1 unspecified atom stereocenters. The molecule has 1 rings (SSSR count). The molecule has 1 N–H and O–H groups in total. The smallest absolute Gasteiger partial charge is 0.123 e. The molecule has 0 saturated carbocycles. The quantitative estimate of drug-likeness (QED) is 0.714. The Hall–Kier alpha value is -0.630. The van der Waals surface area contributed by atoms with Gasteiger partial charge >= 0.3 is 0 Å². The number of hydrogen-bond acceptors (Lipinski definition) is 2. The van der Waals surface area contributed by atoms with Crippen LogP contribution in [0.1, 0.15) is 77.5 Å². The molecule has 1 nitrogen and oxygen atoms in total. The molecule has 0 amide bonds. The summed E-state index contributed by atoms with van der Waals surface area (Å²) in [6.45, 7) is 15.2. The number of thiol groups is 1.